The lowest BCUT2D eigenvalue weighted by molar-refractivity contribution is -0.186. The summed E-state index contributed by atoms with van der Waals surface area (Å²) in [5.74, 6) is -0.894. The van der Waals surface area contributed by atoms with Crippen LogP contribution in [0, 0.1) is 13.8 Å². The van der Waals surface area contributed by atoms with E-state index in [-0.39, 0.29) is 65.7 Å². The first-order chi connectivity index (χ1) is 27.5. The average Bonchev–Trinajstić information content (AvgIpc) is 3.67. The molecule has 0 aliphatic carbocycles. The Morgan fingerprint density at radius 2 is 1.91 bits per heavy atom. The molecule has 0 saturated carbocycles. The number of esters is 2. The maximum Gasteiger partial charge on any atom is 0.331 e. The second-order valence-corrected chi connectivity index (χ2v) is 15.7. The van der Waals surface area contributed by atoms with E-state index in [4.69, 9.17) is 32.5 Å². The van der Waals surface area contributed by atoms with Crippen molar-refractivity contribution in [1.82, 2.24) is 15.1 Å². The van der Waals surface area contributed by atoms with Crippen LogP contribution in [-0.4, -0.2) is 102 Å². The highest BCUT2D eigenvalue weighted by Gasteiger charge is 2.61. The first-order valence-electron chi connectivity index (χ1n) is 19.7. The number of aliphatic hydroxyl groups excluding tert-OH is 1. The molecule has 3 aromatic carbocycles. The predicted molar refractivity (Wildman–Crippen MR) is 195 cm³/mol. The molecule has 2 saturated heterocycles. The summed E-state index contributed by atoms with van der Waals surface area (Å²) < 4.78 is 69.7. The van der Waals surface area contributed by atoms with Gasteiger partial charge in [0.15, 0.2) is 40.0 Å². The molecular weight excluding hydrogens is 719 g/mol. The molecule has 10 rings (SSSR count). The third-order valence-corrected chi connectivity index (χ3v) is 13.5. The van der Waals surface area contributed by atoms with E-state index < -0.39 is 71.3 Å². The molecule has 4 bridgehead atoms. The van der Waals surface area contributed by atoms with Gasteiger partial charge in [-0.25, -0.2) is 4.79 Å². The average molecular weight is 766 g/mol. The summed E-state index contributed by atoms with van der Waals surface area (Å²) in [5.41, 5.74) is 1.50. The Kier molecular flexibility index (Phi) is 7.18. The number of phenols is 2. The summed E-state index contributed by atoms with van der Waals surface area (Å²) in [7, 11) is 4.47. The zero-order chi connectivity index (χ0) is 41.3. The zero-order valence-corrected chi connectivity index (χ0v) is 31.1. The Hall–Kier alpha value is -4.41. The Morgan fingerprint density at radius 1 is 1.11 bits per heavy atom. The molecule has 0 aromatic heterocycles. The van der Waals surface area contributed by atoms with Gasteiger partial charge >= 0.3 is 11.9 Å². The number of methoxy groups -OCH3 is 2. The maximum absolute atomic E-state index is 14.7. The molecule has 7 aliphatic rings. The van der Waals surface area contributed by atoms with Crippen LogP contribution in [0.5, 0.6) is 40.2 Å². The number of nitrogens with one attached hydrogen (secondary N) is 1. The number of benzene rings is 3. The largest absolute Gasteiger partial charge is 0.504 e. The highest BCUT2D eigenvalue weighted by Crippen LogP contribution is 2.64. The SMILES string of the molecule is [2H]c1c2c(c(O)c(OC)c1C([2H])([2H])[2H])[C@@H]1[C@@H]3[C@H]4SC[C@@]5(NCCc6cc(O)c(OC)cc65)C(=O)OC[C@@H](c5c6c(c(C)c(OC(C)=O)c54)OCO6)N3[C@@H](O)[C@H](C2)N1C. The first-order valence-corrected chi connectivity index (χ1v) is 18.8. The van der Waals surface area contributed by atoms with Crippen LogP contribution >= 0.6 is 11.8 Å². The number of carbonyl (C=O) groups is 2. The first kappa shape index (κ1) is 30.9. The smallest absolute Gasteiger partial charge is 0.331 e. The monoisotopic (exact) mass is 765 g/mol. The Morgan fingerprint density at radius 3 is 2.65 bits per heavy atom. The number of ether oxygens (including phenoxy) is 6. The molecule has 4 N–H and O–H groups in total. The summed E-state index contributed by atoms with van der Waals surface area (Å²) in [6.45, 7) is 0.176. The van der Waals surface area contributed by atoms with Gasteiger partial charge in [-0.1, -0.05) is 6.04 Å². The van der Waals surface area contributed by atoms with Crippen molar-refractivity contribution in [2.45, 2.75) is 74.7 Å². The lowest BCUT2D eigenvalue weighted by atomic mass is 9.73. The fourth-order valence-corrected chi connectivity index (χ4v) is 11.4. The van der Waals surface area contributed by atoms with Crippen LogP contribution in [0.4, 0.5) is 0 Å². The van der Waals surface area contributed by atoms with Crippen LogP contribution < -0.4 is 29.0 Å². The Balaban J connectivity index is 1.33. The number of piperazine rings is 1. The number of carbonyl (C=O) groups excluding carboxylic acids is 2. The number of nitrogens with zero attached hydrogens (tertiary/aromatic N) is 2. The number of phenolic OH excluding ortho intramolecular Hbond substituents is 2. The van der Waals surface area contributed by atoms with Gasteiger partial charge < -0.3 is 43.7 Å². The van der Waals surface area contributed by atoms with Crippen LogP contribution in [0.25, 0.3) is 0 Å². The minimum absolute atomic E-state index is 0.00612. The third kappa shape index (κ3) is 4.74. The summed E-state index contributed by atoms with van der Waals surface area (Å²) in [6, 6.07) is -0.364. The van der Waals surface area contributed by atoms with Crippen LogP contribution in [0.1, 0.15) is 74.2 Å². The molecule has 0 amide bonds. The van der Waals surface area contributed by atoms with Gasteiger partial charge in [0.2, 0.25) is 6.79 Å². The van der Waals surface area contributed by atoms with Gasteiger partial charge in [0.25, 0.3) is 0 Å². The van der Waals surface area contributed by atoms with Crippen molar-refractivity contribution < 1.29 is 58.8 Å². The van der Waals surface area contributed by atoms with Crippen LogP contribution in [0.3, 0.4) is 0 Å². The second-order valence-electron chi connectivity index (χ2n) is 14.6. The van der Waals surface area contributed by atoms with E-state index in [0.717, 1.165) is 5.56 Å². The number of aliphatic hydroxyl groups is 1. The topological polar surface area (TPSA) is 169 Å². The number of fused-ring (bicyclic) bond motifs is 9. The van der Waals surface area contributed by atoms with Gasteiger partial charge in [-0.3, -0.25) is 19.9 Å². The van der Waals surface area contributed by atoms with E-state index >= 15 is 0 Å². The standard InChI is InChI=1S/C39H43N3O11S/c1-16-9-20-10-22-37(46)42-23-13-50-38(47)39(21-12-25(48-5)24(44)11-19(21)7-8-40-39)14-54-36(30(42)29(41(22)4)26(20)31(45)32(16)49-6)28-27(23)35-34(51-15-52-35)17(2)33(28)53-18(3)43/h9,11-12,22-23,29-30,36-37,40,44-46H,7-8,10,13-15H2,1-6H3/t22-,23-,29+,30+,36-,37-,39-/m0/s1/i1D3,9D. The van der Waals surface area contributed by atoms with Crippen molar-refractivity contribution in [1.29, 1.82) is 0 Å². The summed E-state index contributed by atoms with van der Waals surface area (Å²) in [4.78, 5) is 31.5. The van der Waals surface area contributed by atoms with Gasteiger partial charge in [0.05, 0.1) is 39.0 Å². The molecule has 286 valence electrons. The zero-order valence-electron chi connectivity index (χ0n) is 34.3. The summed E-state index contributed by atoms with van der Waals surface area (Å²) >= 11 is 1.34. The van der Waals surface area contributed by atoms with E-state index in [9.17, 15) is 26.3 Å². The summed E-state index contributed by atoms with van der Waals surface area (Å²) in [6.07, 6.45) is -0.778. The lowest BCUT2D eigenvalue weighted by Gasteiger charge is -2.62. The van der Waals surface area contributed by atoms with Crippen molar-refractivity contribution in [2.75, 3.05) is 47.0 Å². The van der Waals surface area contributed by atoms with Crippen LogP contribution in [0.2, 0.25) is 0 Å². The molecule has 14 nitrogen and oxygen atoms in total. The number of thioether (sulfide) groups is 1. The van der Waals surface area contributed by atoms with Crippen LogP contribution in [0.15, 0.2) is 18.2 Å². The van der Waals surface area contributed by atoms with Gasteiger partial charge in [-0.05, 0) is 68.1 Å². The molecule has 0 radical (unpaired) electrons. The summed E-state index contributed by atoms with van der Waals surface area (Å²) in [5, 5.41) is 38.2. The molecule has 7 heterocycles. The molecule has 15 heteroatoms. The van der Waals surface area contributed by atoms with Crippen molar-refractivity contribution >= 4 is 23.7 Å². The molecule has 7 aliphatic heterocycles. The molecule has 1 spiro atoms. The van der Waals surface area contributed by atoms with E-state index in [0.29, 0.717) is 46.7 Å². The van der Waals surface area contributed by atoms with E-state index in [1.54, 1.807) is 26.1 Å². The van der Waals surface area contributed by atoms with E-state index in [1.165, 1.54) is 32.9 Å². The number of aromatic hydroxyl groups is 2. The van der Waals surface area contributed by atoms with Gasteiger partial charge in [0.1, 0.15) is 18.6 Å². The molecule has 0 unspecified atom stereocenters. The number of hydrogen-bond acceptors (Lipinski definition) is 15. The molecule has 3 aromatic rings. The number of likely N-dealkylation sites (N-methyl/N-ethyl adjacent to an activating group) is 1. The fraction of sp³-hybridized carbons (Fsp3) is 0.487. The molecule has 54 heavy (non-hydrogen) atoms. The fourth-order valence-electron chi connectivity index (χ4n) is 9.69. The maximum atomic E-state index is 14.7. The lowest BCUT2D eigenvalue weighted by Crippen LogP contribution is -2.70. The van der Waals surface area contributed by atoms with E-state index in [2.05, 4.69) is 5.32 Å². The number of rotatable bonds is 3. The second kappa shape index (κ2) is 12.6. The highest BCUT2D eigenvalue weighted by atomic mass is 32.2. The van der Waals surface area contributed by atoms with Crippen molar-refractivity contribution in [3.8, 4) is 40.2 Å². The minimum atomic E-state index is -2.80. The van der Waals surface area contributed by atoms with Crippen molar-refractivity contribution in [3.63, 3.8) is 0 Å². The van der Waals surface area contributed by atoms with E-state index in [1.807, 2.05) is 9.80 Å². The van der Waals surface area contributed by atoms with Crippen LogP contribution in [-0.2, 0) is 32.7 Å². The van der Waals surface area contributed by atoms with Crippen molar-refractivity contribution in [3.05, 3.63) is 62.7 Å². The Bertz CT molecular complexity index is 2290. The normalized spacial score (nSPS) is 30.7. The number of hydrogen-bond donors (Lipinski definition) is 4. The minimum Gasteiger partial charge on any atom is -0.504 e. The third-order valence-electron chi connectivity index (χ3n) is 12.0. The molecule has 7 atom stereocenters. The molecule has 2 fully saturated rings. The highest BCUT2D eigenvalue weighted by molar-refractivity contribution is 7.99. The molecular formula is C39H43N3O11S. The van der Waals surface area contributed by atoms with Gasteiger partial charge in [-0.2, -0.15) is 0 Å². The quantitative estimate of drug-likeness (QED) is 0.226. The van der Waals surface area contributed by atoms with Gasteiger partial charge in [0, 0.05) is 51.6 Å². The Labute approximate surface area is 321 Å². The van der Waals surface area contributed by atoms with Gasteiger partial charge in [-0.15, -0.1) is 11.8 Å². The van der Waals surface area contributed by atoms with Crippen molar-refractivity contribution in [2.24, 2.45) is 0 Å². The predicted octanol–water partition coefficient (Wildman–Crippen LogP) is 3.41.